The molecule has 0 bridgehead atoms. The lowest BCUT2D eigenvalue weighted by atomic mass is 10.2. The molecule has 1 saturated heterocycles. The maximum atomic E-state index is 4.94. The van der Waals surface area contributed by atoms with Crippen LogP contribution in [0.5, 0.6) is 0 Å². The van der Waals surface area contributed by atoms with Crippen LogP contribution in [0.4, 0.5) is 0 Å². The second-order valence-electron chi connectivity index (χ2n) is 1.90. The Morgan fingerprint density at radius 2 is 2.62 bits per heavy atom. The monoisotopic (exact) mass is 111 g/mol. The fraction of sp³-hybridized carbons (Fsp3) is 0.600. The van der Waals surface area contributed by atoms with Crippen LogP contribution in [0.25, 0.3) is 0 Å². The quantitative estimate of drug-likeness (QED) is 0.431. The topological polar surface area (TPSA) is 18.5 Å². The van der Waals surface area contributed by atoms with Crippen LogP contribution in [0.1, 0.15) is 13.3 Å². The molecular formula is C5H8BO2. The van der Waals surface area contributed by atoms with E-state index in [4.69, 9.17) is 9.31 Å². The molecule has 0 aromatic heterocycles. The van der Waals surface area contributed by atoms with Gasteiger partial charge in [-0.3, -0.25) is 0 Å². The van der Waals surface area contributed by atoms with Gasteiger partial charge in [-0.1, -0.05) is 6.58 Å². The molecule has 1 heterocycles. The van der Waals surface area contributed by atoms with Crippen LogP contribution in [-0.4, -0.2) is 13.8 Å². The maximum Gasteiger partial charge on any atom is 0.572 e. The van der Waals surface area contributed by atoms with Crippen molar-refractivity contribution >= 4 is 7.69 Å². The Kier molecular flexibility index (Phi) is 1.58. The highest BCUT2D eigenvalue weighted by Crippen LogP contribution is 2.11. The summed E-state index contributed by atoms with van der Waals surface area (Å²) in [6, 6.07) is 0. The van der Waals surface area contributed by atoms with Crippen molar-refractivity contribution in [3.8, 4) is 0 Å². The molecule has 1 aliphatic heterocycles. The van der Waals surface area contributed by atoms with Crippen molar-refractivity contribution in [2.45, 2.75) is 19.4 Å². The molecule has 0 aromatic carbocycles. The molecule has 8 heavy (non-hydrogen) atoms. The van der Waals surface area contributed by atoms with Gasteiger partial charge in [0, 0.05) is 12.5 Å². The zero-order chi connectivity index (χ0) is 5.98. The van der Waals surface area contributed by atoms with Gasteiger partial charge in [-0.25, -0.2) is 0 Å². The molecular weight excluding hydrogens is 103 g/mol. The third-order valence-corrected chi connectivity index (χ3v) is 1.02. The second kappa shape index (κ2) is 2.22. The molecule has 3 heteroatoms. The Labute approximate surface area is 49.8 Å². The van der Waals surface area contributed by atoms with Gasteiger partial charge in [0.2, 0.25) is 0 Å². The fourth-order valence-corrected chi connectivity index (χ4v) is 0.608. The minimum absolute atomic E-state index is 0.233. The van der Waals surface area contributed by atoms with Gasteiger partial charge in [0.1, 0.15) is 0 Å². The van der Waals surface area contributed by atoms with Crippen LogP contribution in [0.3, 0.4) is 0 Å². The molecule has 0 aliphatic carbocycles. The predicted octanol–water partition coefficient (Wildman–Crippen LogP) is 0.860. The highest BCUT2D eigenvalue weighted by molar-refractivity contribution is 6.18. The van der Waals surface area contributed by atoms with Gasteiger partial charge in [-0.05, 0) is 6.92 Å². The minimum Gasteiger partial charge on any atom is -0.541 e. The molecule has 0 saturated carbocycles. The Bertz CT molecular complexity index is 103. The van der Waals surface area contributed by atoms with Crippen molar-refractivity contribution in [1.29, 1.82) is 0 Å². The third-order valence-electron chi connectivity index (χ3n) is 1.02. The van der Waals surface area contributed by atoms with Crippen LogP contribution >= 0.6 is 0 Å². The molecule has 2 nitrogen and oxygen atoms in total. The number of hydrogen-bond acceptors (Lipinski definition) is 2. The van der Waals surface area contributed by atoms with Gasteiger partial charge < -0.3 is 9.31 Å². The second-order valence-corrected chi connectivity index (χ2v) is 1.90. The summed E-state index contributed by atoms with van der Waals surface area (Å²) < 4.78 is 9.75. The van der Waals surface area contributed by atoms with Crippen LogP contribution < -0.4 is 0 Å². The standard InChI is InChI=1S/C5H8BO2/c1-4-3-5(2)8-6-7-4/h5H,1,3H2,2H3. The van der Waals surface area contributed by atoms with Gasteiger partial charge >= 0.3 is 7.69 Å². The lowest BCUT2D eigenvalue weighted by Crippen LogP contribution is -2.21. The van der Waals surface area contributed by atoms with Gasteiger partial charge in [0.05, 0.1) is 5.76 Å². The molecule has 1 fully saturated rings. The van der Waals surface area contributed by atoms with E-state index in [1.54, 1.807) is 0 Å². The van der Waals surface area contributed by atoms with Crippen molar-refractivity contribution in [2.24, 2.45) is 0 Å². The first kappa shape index (κ1) is 5.70. The van der Waals surface area contributed by atoms with E-state index >= 15 is 0 Å². The van der Waals surface area contributed by atoms with E-state index in [1.165, 1.54) is 7.69 Å². The number of rotatable bonds is 0. The summed E-state index contributed by atoms with van der Waals surface area (Å²) in [5, 5.41) is 0. The highest BCUT2D eigenvalue weighted by atomic mass is 16.6. The molecule has 1 unspecified atom stereocenters. The summed E-state index contributed by atoms with van der Waals surface area (Å²) >= 11 is 0. The van der Waals surface area contributed by atoms with Crippen molar-refractivity contribution in [1.82, 2.24) is 0 Å². The number of hydrogen-bond donors (Lipinski definition) is 0. The first-order valence-electron chi connectivity index (χ1n) is 2.60. The third kappa shape index (κ3) is 1.27. The van der Waals surface area contributed by atoms with E-state index in [1.807, 2.05) is 6.92 Å². The lowest BCUT2D eigenvalue weighted by Gasteiger charge is -2.19. The maximum absolute atomic E-state index is 4.94. The van der Waals surface area contributed by atoms with E-state index in [2.05, 4.69) is 6.58 Å². The average molecular weight is 111 g/mol. The molecule has 43 valence electrons. The van der Waals surface area contributed by atoms with Gasteiger partial charge in [0.15, 0.2) is 0 Å². The van der Waals surface area contributed by atoms with Crippen molar-refractivity contribution in [3.05, 3.63) is 12.3 Å². The molecule has 0 amide bonds. The molecule has 0 N–H and O–H groups in total. The van der Waals surface area contributed by atoms with Crippen LogP contribution in [-0.2, 0) is 9.31 Å². The molecule has 1 aliphatic rings. The van der Waals surface area contributed by atoms with Crippen LogP contribution in [0.15, 0.2) is 12.3 Å². The van der Waals surface area contributed by atoms with Gasteiger partial charge in [-0.2, -0.15) is 0 Å². The SMILES string of the molecule is C=C1CC(C)O[B]O1. The summed E-state index contributed by atoms with van der Waals surface area (Å²) in [7, 11) is 1.33. The largest absolute Gasteiger partial charge is 0.572 e. The average Bonchev–Trinajstić information content (AvgIpc) is 1.64. The lowest BCUT2D eigenvalue weighted by molar-refractivity contribution is 0.137. The van der Waals surface area contributed by atoms with Crippen LogP contribution in [0, 0.1) is 0 Å². The van der Waals surface area contributed by atoms with Gasteiger partial charge in [-0.15, -0.1) is 0 Å². The highest BCUT2D eigenvalue weighted by Gasteiger charge is 2.13. The fourth-order valence-electron chi connectivity index (χ4n) is 0.608. The zero-order valence-electron chi connectivity index (χ0n) is 4.89. The van der Waals surface area contributed by atoms with Gasteiger partial charge in [0.25, 0.3) is 0 Å². The molecule has 1 rings (SSSR count). The minimum atomic E-state index is 0.233. The van der Waals surface area contributed by atoms with Crippen LogP contribution in [0.2, 0.25) is 0 Å². The van der Waals surface area contributed by atoms with Crippen molar-refractivity contribution in [2.75, 3.05) is 0 Å². The summed E-state index contributed by atoms with van der Waals surface area (Å²) in [6.45, 7) is 5.61. The Morgan fingerprint density at radius 3 is 3.00 bits per heavy atom. The van der Waals surface area contributed by atoms with E-state index in [0.717, 1.165) is 12.2 Å². The van der Waals surface area contributed by atoms with E-state index in [0.29, 0.717) is 0 Å². The predicted molar refractivity (Wildman–Crippen MR) is 31.1 cm³/mol. The summed E-state index contributed by atoms with van der Waals surface area (Å²) in [5.41, 5.74) is 0. The molecule has 0 spiro atoms. The molecule has 1 atom stereocenters. The Balaban J connectivity index is 2.34. The molecule has 1 radical (unpaired) electrons. The summed E-state index contributed by atoms with van der Waals surface area (Å²) in [5.74, 6) is 0.781. The van der Waals surface area contributed by atoms with E-state index in [-0.39, 0.29) is 6.10 Å². The van der Waals surface area contributed by atoms with Crippen molar-refractivity contribution in [3.63, 3.8) is 0 Å². The summed E-state index contributed by atoms with van der Waals surface area (Å²) in [4.78, 5) is 0. The Morgan fingerprint density at radius 1 is 1.88 bits per heavy atom. The zero-order valence-corrected chi connectivity index (χ0v) is 4.89. The summed E-state index contributed by atoms with van der Waals surface area (Å²) in [6.07, 6.45) is 1.03. The molecule has 0 aromatic rings. The smallest absolute Gasteiger partial charge is 0.541 e. The first-order chi connectivity index (χ1) is 3.79. The van der Waals surface area contributed by atoms with E-state index < -0.39 is 0 Å². The van der Waals surface area contributed by atoms with Crippen molar-refractivity contribution < 1.29 is 9.31 Å². The first-order valence-corrected chi connectivity index (χ1v) is 2.60. The normalized spacial score (nSPS) is 28.6. The van der Waals surface area contributed by atoms with E-state index in [9.17, 15) is 0 Å². The Hall–Kier alpha value is -0.435.